The van der Waals surface area contributed by atoms with Crippen LogP contribution in [-0.4, -0.2) is 25.9 Å². The van der Waals surface area contributed by atoms with Crippen molar-refractivity contribution in [2.45, 2.75) is 31.9 Å². The first-order chi connectivity index (χ1) is 8.19. The number of nitrogens with one attached hydrogen (secondary N) is 1. The van der Waals surface area contributed by atoms with Crippen molar-refractivity contribution in [1.82, 2.24) is 0 Å². The van der Waals surface area contributed by atoms with Gasteiger partial charge in [0.25, 0.3) is 0 Å². The highest BCUT2D eigenvalue weighted by Gasteiger charge is 2.19. The molecule has 2 unspecified atom stereocenters. The molecule has 0 aliphatic carbocycles. The van der Waals surface area contributed by atoms with Crippen LogP contribution in [0.1, 0.15) is 19.8 Å². The smallest absolute Gasteiger partial charge is 0.165 e. The molecular formula is C13H18FNO2. The van der Waals surface area contributed by atoms with Gasteiger partial charge in [-0.3, -0.25) is 0 Å². The van der Waals surface area contributed by atoms with Crippen LogP contribution in [0, 0.1) is 5.82 Å². The van der Waals surface area contributed by atoms with E-state index in [2.05, 4.69) is 12.2 Å². The minimum atomic E-state index is -0.335. The van der Waals surface area contributed by atoms with Crippen LogP contribution in [0.5, 0.6) is 5.75 Å². The van der Waals surface area contributed by atoms with Crippen molar-refractivity contribution < 1.29 is 13.9 Å². The summed E-state index contributed by atoms with van der Waals surface area (Å²) >= 11 is 0. The summed E-state index contributed by atoms with van der Waals surface area (Å²) in [6.45, 7) is 2.84. The Morgan fingerprint density at radius 3 is 3.00 bits per heavy atom. The van der Waals surface area contributed by atoms with Gasteiger partial charge in [0, 0.05) is 24.4 Å². The Kier molecular flexibility index (Phi) is 3.84. The molecular weight excluding hydrogens is 221 g/mol. The van der Waals surface area contributed by atoms with Gasteiger partial charge in [-0.2, -0.15) is 0 Å². The number of benzene rings is 1. The van der Waals surface area contributed by atoms with Crippen molar-refractivity contribution in [1.29, 1.82) is 0 Å². The maximum absolute atomic E-state index is 13.2. The van der Waals surface area contributed by atoms with E-state index in [1.165, 1.54) is 13.2 Å². The molecule has 0 aromatic heterocycles. The van der Waals surface area contributed by atoms with E-state index < -0.39 is 0 Å². The second-order valence-electron chi connectivity index (χ2n) is 4.40. The van der Waals surface area contributed by atoms with E-state index in [0.29, 0.717) is 6.04 Å². The number of anilines is 1. The van der Waals surface area contributed by atoms with Gasteiger partial charge in [0.15, 0.2) is 11.6 Å². The number of ether oxygens (including phenoxy) is 2. The second-order valence-corrected chi connectivity index (χ2v) is 4.40. The third kappa shape index (κ3) is 3.09. The highest BCUT2D eigenvalue weighted by molar-refractivity contribution is 5.49. The van der Waals surface area contributed by atoms with Crippen molar-refractivity contribution in [3.63, 3.8) is 0 Å². The minimum absolute atomic E-state index is 0.273. The van der Waals surface area contributed by atoms with Crippen LogP contribution < -0.4 is 10.1 Å². The Hall–Kier alpha value is -1.29. The molecule has 1 heterocycles. The molecule has 17 heavy (non-hydrogen) atoms. The fraction of sp³-hybridized carbons (Fsp3) is 0.538. The maximum atomic E-state index is 13.2. The van der Waals surface area contributed by atoms with Crippen LogP contribution in [-0.2, 0) is 4.74 Å². The van der Waals surface area contributed by atoms with E-state index in [9.17, 15) is 4.39 Å². The van der Waals surface area contributed by atoms with Crippen LogP contribution in [0.3, 0.4) is 0 Å². The lowest BCUT2D eigenvalue weighted by molar-refractivity contribution is 0.0232. The summed E-state index contributed by atoms with van der Waals surface area (Å²) in [5, 5.41) is 3.39. The zero-order chi connectivity index (χ0) is 12.3. The van der Waals surface area contributed by atoms with E-state index in [-0.39, 0.29) is 17.7 Å². The van der Waals surface area contributed by atoms with Gasteiger partial charge in [-0.25, -0.2) is 4.39 Å². The van der Waals surface area contributed by atoms with Gasteiger partial charge < -0.3 is 14.8 Å². The standard InChI is InChI=1S/C13H18FNO2/c1-9-7-11(5-6-17-9)15-10-3-4-12(14)13(8-10)16-2/h3-4,8-9,11,15H,5-7H2,1-2H3. The first kappa shape index (κ1) is 12.2. The van der Waals surface area contributed by atoms with Crippen molar-refractivity contribution in [3.05, 3.63) is 24.0 Å². The van der Waals surface area contributed by atoms with Crippen LogP contribution in [0.2, 0.25) is 0 Å². The SMILES string of the molecule is COc1cc(NC2CCOC(C)C2)ccc1F. The lowest BCUT2D eigenvalue weighted by atomic mass is 10.0. The largest absolute Gasteiger partial charge is 0.494 e. The normalized spacial score (nSPS) is 24.4. The highest BCUT2D eigenvalue weighted by Crippen LogP contribution is 2.24. The average Bonchev–Trinajstić information content (AvgIpc) is 2.32. The van der Waals surface area contributed by atoms with E-state index >= 15 is 0 Å². The molecule has 1 N–H and O–H groups in total. The van der Waals surface area contributed by atoms with Gasteiger partial charge in [-0.1, -0.05) is 0 Å². The van der Waals surface area contributed by atoms with Crippen molar-refractivity contribution in [2.75, 3.05) is 19.0 Å². The molecule has 4 heteroatoms. The van der Waals surface area contributed by atoms with E-state index in [1.54, 1.807) is 12.1 Å². The number of hydrogen-bond donors (Lipinski definition) is 1. The lowest BCUT2D eigenvalue weighted by Gasteiger charge is -2.28. The Morgan fingerprint density at radius 2 is 2.29 bits per heavy atom. The molecule has 1 aromatic rings. The van der Waals surface area contributed by atoms with E-state index in [1.807, 2.05) is 0 Å². The van der Waals surface area contributed by atoms with Crippen LogP contribution in [0.15, 0.2) is 18.2 Å². The first-order valence-electron chi connectivity index (χ1n) is 5.90. The zero-order valence-corrected chi connectivity index (χ0v) is 10.2. The van der Waals surface area contributed by atoms with Gasteiger partial charge >= 0.3 is 0 Å². The highest BCUT2D eigenvalue weighted by atomic mass is 19.1. The topological polar surface area (TPSA) is 30.5 Å². The summed E-state index contributed by atoms with van der Waals surface area (Å²) in [4.78, 5) is 0. The second kappa shape index (κ2) is 5.36. The number of halogens is 1. The lowest BCUT2D eigenvalue weighted by Crippen LogP contribution is -2.32. The number of methoxy groups -OCH3 is 1. The predicted molar refractivity (Wildman–Crippen MR) is 65.0 cm³/mol. The summed E-state index contributed by atoms with van der Waals surface area (Å²) in [6, 6.07) is 5.23. The fourth-order valence-electron chi connectivity index (χ4n) is 2.11. The molecule has 3 nitrogen and oxygen atoms in total. The van der Waals surface area contributed by atoms with E-state index in [0.717, 1.165) is 25.1 Å². The monoisotopic (exact) mass is 239 g/mol. The van der Waals surface area contributed by atoms with E-state index in [4.69, 9.17) is 9.47 Å². The van der Waals surface area contributed by atoms with Gasteiger partial charge in [0.2, 0.25) is 0 Å². The van der Waals surface area contributed by atoms with Gasteiger partial charge in [-0.15, -0.1) is 0 Å². The third-order valence-corrected chi connectivity index (χ3v) is 3.01. The van der Waals surface area contributed by atoms with Gasteiger partial charge in [-0.05, 0) is 31.9 Å². The summed E-state index contributed by atoms with van der Waals surface area (Å²) in [5.74, 6) is -0.0616. The molecule has 1 fully saturated rings. The maximum Gasteiger partial charge on any atom is 0.165 e. The fourth-order valence-corrected chi connectivity index (χ4v) is 2.11. The van der Waals surface area contributed by atoms with Gasteiger partial charge in [0.1, 0.15) is 0 Å². The Balaban J connectivity index is 2.02. The Labute approximate surface area is 101 Å². The molecule has 0 saturated carbocycles. The molecule has 2 atom stereocenters. The summed E-state index contributed by atoms with van der Waals surface area (Å²) in [7, 11) is 1.47. The van der Waals surface area contributed by atoms with Crippen LogP contribution >= 0.6 is 0 Å². The van der Waals surface area contributed by atoms with Gasteiger partial charge in [0.05, 0.1) is 13.2 Å². The summed E-state index contributed by atoms with van der Waals surface area (Å²) < 4.78 is 23.7. The minimum Gasteiger partial charge on any atom is -0.494 e. The molecule has 0 amide bonds. The molecule has 94 valence electrons. The summed E-state index contributed by atoms with van der Waals surface area (Å²) in [6.07, 6.45) is 2.23. The van der Waals surface area contributed by atoms with Crippen molar-refractivity contribution in [2.24, 2.45) is 0 Å². The molecule has 1 aliphatic rings. The Bertz CT molecular complexity index is 384. The molecule has 1 aromatic carbocycles. The molecule has 2 rings (SSSR count). The quantitative estimate of drug-likeness (QED) is 0.879. The molecule has 1 saturated heterocycles. The first-order valence-corrected chi connectivity index (χ1v) is 5.90. The predicted octanol–water partition coefficient (Wildman–Crippen LogP) is 2.81. The number of rotatable bonds is 3. The van der Waals surface area contributed by atoms with Crippen molar-refractivity contribution >= 4 is 5.69 Å². The van der Waals surface area contributed by atoms with Crippen LogP contribution in [0.25, 0.3) is 0 Å². The molecule has 0 radical (unpaired) electrons. The molecule has 0 bridgehead atoms. The van der Waals surface area contributed by atoms with Crippen molar-refractivity contribution in [3.8, 4) is 5.75 Å². The number of hydrogen-bond acceptors (Lipinski definition) is 3. The average molecular weight is 239 g/mol. The third-order valence-electron chi connectivity index (χ3n) is 3.01. The molecule has 0 spiro atoms. The molecule has 1 aliphatic heterocycles. The Morgan fingerprint density at radius 1 is 1.47 bits per heavy atom. The zero-order valence-electron chi connectivity index (χ0n) is 10.2. The van der Waals surface area contributed by atoms with Crippen LogP contribution in [0.4, 0.5) is 10.1 Å². The summed E-state index contributed by atoms with van der Waals surface area (Å²) in [5.41, 5.74) is 0.891.